The van der Waals surface area contributed by atoms with Gasteiger partial charge in [-0.15, -0.1) is 0 Å². The molecule has 1 fully saturated rings. The van der Waals surface area contributed by atoms with Crippen molar-refractivity contribution in [3.05, 3.63) is 29.3 Å². The number of anilines is 1. The zero-order chi connectivity index (χ0) is 15.0. The van der Waals surface area contributed by atoms with Gasteiger partial charge in [-0.3, -0.25) is 4.79 Å². The number of benzene rings is 1. The summed E-state index contributed by atoms with van der Waals surface area (Å²) >= 11 is 0. The zero-order valence-corrected chi connectivity index (χ0v) is 13.4. The molecule has 0 saturated carbocycles. The molecular weight excluding hydrogens is 260 g/mol. The molecular formula is C18H26N2O. The summed E-state index contributed by atoms with van der Waals surface area (Å²) in [4.78, 5) is 15.4. The van der Waals surface area contributed by atoms with Gasteiger partial charge in [0.05, 0.1) is 5.41 Å². The molecule has 2 aliphatic heterocycles. The van der Waals surface area contributed by atoms with Crippen LogP contribution in [0, 0.1) is 18.3 Å². The molecule has 0 aromatic heterocycles. The number of para-hydroxylation sites is 1. The van der Waals surface area contributed by atoms with Crippen molar-refractivity contribution in [2.75, 3.05) is 24.5 Å². The third kappa shape index (κ3) is 2.28. The van der Waals surface area contributed by atoms with E-state index in [4.69, 9.17) is 0 Å². The van der Waals surface area contributed by atoms with Crippen LogP contribution in [0.5, 0.6) is 0 Å². The maximum Gasteiger partial charge on any atom is 0.234 e. The number of hydrogen-bond acceptors (Lipinski definition) is 2. The van der Waals surface area contributed by atoms with Gasteiger partial charge in [0.2, 0.25) is 5.91 Å². The Morgan fingerprint density at radius 2 is 2.19 bits per heavy atom. The van der Waals surface area contributed by atoms with Crippen LogP contribution in [0.3, 0.4) is 0 Å². The van der Waals surface area contributed by atoms with Crippen LogP contribution in [-0.4, -0.2) is 25.5 Å². The lowest BCUT2D eigenvalue weighted by molar-refractivity contribution is -0.129. The van der Waals surface area contributed by atoms with E-state index in [0.29, 0.717) is 11.8 Å². The number of amides is 1. The number of nitrogens with one attached hydrogen (secondary N) is 1. The van der Waals surface area contributed by atoms with Crippen LogP contribution in [0.4, 0.5) is 5.69 Å². The van der Waals surface area contributed by atoms with Gasteiger partial charge < -0.3 is 10.2 Å². The van der Waals surface area contributed by atoms with Crippen LogP contribution in [0.15, 0.2) is 18.2 Å². The minimum absolute atomic E-state index is 0.225. The fourth-order valence-corrected chi connectivity index (χ4v) is 3.95. The van der Waals surface area contributed by atoms with E-state index in [0.717, 1.165) is 38.9 Å². The second-order valence-electron chi connectivity index (χ2n) is 6.88. The maximum absolute atomic E-state index is 13.4. The van der Waals surface area contributed by atoms with E-state index in [9.17, 15) is 4.79 Å². The first-order valence-corrected chi connectivity index (χ1v) is 8.17. The summed E-state index contributed by atoms with van der Waals surface area (Å²) < 4.78 is 0. The average Bonchev–Trinajstić information content (AvgIpc) is 2.97. The van der Waals surface area contributed by atoms with Gasteiger partial charge >= 0.3 is 0 Å². The monoisotopic (exact) mass is 286 g/mol. The second-order valence-corrected chi connectivity index (χ2v) is 6.88. The second kappa shape index (κ2) is 5.45. The van der Waals surface area contributed by atoms with Gasteiger partial charge in [-0.1, -0.05) is 32.0 Å². The number of hydrogen-bond donors (Lipinski definition) is 1. The molecule has 3 rings (SSSR count). The normalized spacial score (nSPS) is 25.2. The van der Waals surface area contributed by atoms with Gasteiger partial charge in [0, 0.05) is 18.8 Å². The first-order chi connectivity index (χ1) is 10.1. The zero-order valence-electron chi connectivity index (χ0n) is 13.4. The highest BCUT2D eigenvalue weighted by atomic mass is 16.2. The predicted octanol–water partition coefficient (Wildman–Crippen LogP) is 2.91. The van der Waals surface area contributed by atoms with E-state index in [-0.39, 0.29) is 5.41 Å². The van der Waals surface area contributed by atoms with Crippen molar-refractivity contribution >= 4 is 11.6 Å². The van der Waals surface area contributed by atoms with Crippen molar-refractivity contribution in [1.82, 2.24) is 5.32 Å². The van der Waals surface area contributed by atoms with Crippen molar-refractivity contribution < 1.29 is 4.79 Å². The summed E-state index contributed by atoms with van der Waals surface area (Å²) in [6.07, 6.45) is 3.12. The van der Waals surface area contributed by atoms with Gasteiger partial charge in [0.25, 0.3) is 0 Å². The van der Waals surface area contributed by atoms with Crippen LogP contribution in [0.25, 0.3) is 0 Å². The Bertz CT molecular complexity index is 544. The fourth-order valence-electron chi connectivity index (χ4n) is 3.95. The summed E-state index contributed by atoms with van der Waals surface area (Å²) in [5.41, 5.74) is 3.52. The van der Waals surface area contributed by atoms with Gasteiger partial charge in [0.15, 0.2) is 0 Å². The summed E-state index contributed by atoms with van der Waals surface area (Å²) in [6.45, 7) is 9.14. The Labute approximate surface area is 127 Å². The molecule has 1 N–H and O–H groups in total. The molecule has 1 aromatic carbocycles. The summed E-state index contributed by atoms with van der Waals surface area (Å²) in [5, 5.41) is 3.41. The average molecular weight is 286 g/mol. The lowest BCUT2D eigenvalue weighted by Gasteiger charge is -2.40. The quantitative estimate of drug-likeness (QED) is 0.906. The third-order valence-electron chi connectivity index (χ3n) is 5.38. The molecule has 0 aliphatic carbocycles. The smallest absolute Gasteiger partial charge is 0.234 e. The number of fused-ring (bicyclic) bond motifs is 1. The summed E-state index contributed by atoms with van der Waals surface area (Å²) in [5.74, 6) is 0.701. The Morgan fingerprint density at radius 1 is 1.38 bits per heavy atom. The molecule has 0 bridgehead atoms. The first kappa shape index (κ1) is 14.6. The van der Waals surface area contributed by atoms with Gasteiger partial charge in [0.1, 0.15) is 0 Å². The van der Waals surface area contributed by atoms with E-state index in [1.54, 1.807) is 0 Å². The van der Waals surface area contributed by atoms with Crippen molar-refractivity contribution in [2.24, 2.45) is 11.3 Å². The number of carbonyl (C=O) groups excluding carboxylic acids is 1. The highest BCUT2D eigenvalue weighted by molar-refractivity contribution is 5.99. The van der Waals surface area contributed by atoms with Crippen molar-refractivity contribution in [3.63, 3.8) is 0 Å². The van der Waals surface area contributed by atoms with E-state index in [1.807, 2.05) is 0 Å². The van der Waals surface area contributed by atoms with Crippen LogP contribution >= 0.6 is 0 Å². The largest absolute Gasteiger partial charge is 0.316 e. The minimum atomic E-state index is -0.225. The maximum atomic E-state index is 13.4. The minimum Gasteiger partial charge on any atom is -0.316 e. The molecule has 1 amide bonds. The lowest BCUT2D eigenvalue weighted by Crippen LogP contribution is -2.50. The topological polar surface area (TPSA) is 32.3 Å². The number of aryl methyl sites for hydroxylation is 2. The molecule has 21 heavy (non-hydrogen) atoms. The fraction of sp³-hybridized carbons (Fsp3) is 0.611. The van der Waals surface area contributed by atoms with Gasteiger partial charge in [-0.05, 0) is 49.8 Å². The number of rotatable bonds is 2. The molecule has 114 valence electrons. The van der Waals surface area contributed by atoms with E-state index in [1.165, 1.54) is 16.8 Å². The number of nitrogens with zero attached hydrogens (tertiary/aromatic N) is 1. The van der Waals surface area contributed by atoms with Gasteiger partial charge in [-0.25, -0.2) is 0 Å². The highest BCUT2D eigenvalue weighted by Crippen LogP contribution is 2.40. The molecule has 1 unspecified atom stereocenters. The summed E-state index contributed by atoms with van der Waals surface area (Å²) in [6, 6.07) is 6.41. The first-order valence-electron chi connectivity index (χ1n) is 8.17. The number of carbonyl (C=O) groups is 1. The lowest BCUT2D eigenvalue weighted by atomic mass is 9.74. The molecule has 2 aliphatic rings. The third-order valence-corrected chi connectivity index (χ3v) is 5.38. The molecule has 0 spiro atoms. The predicted molar refractivity (Wildman–Crippen MR) is 86.6 cm³/mol. The molecule has 1 aromatic rings. The van der Waals surface area contributed by atoms with Crippen molar-refractivity contribution in [3.8, 4) is 0 Å². The van der Waals surface area contributed by atoms with Crippen LogP contribution < -0.4 is 10.2 Å². The molecule has 1 atom stereocenters. The van der Waals surface area contributed by atoms with Gasteiger partial charge in [-0.2, -0.15) is 0 Å². The molecule has 3 nitrogen and oxygen atoms in total. The van der Waals surface area contributed by atoms with E-state index < -0.39 is 0 Å². The standard InChI is InChI=1S/C18H26N2O/c1-13(2)18(9-10-19-12-18)17(21)20-11-5-8-15-7-4-6-14(3)16(15)20/h4,6-7,13,19H,5,8-12H2,1-3H3. The van der Waals surface area contributed by atoms with Crippen molar-refractivity contribution in [1.29, 1.82) is 0 Å². The van der Waals surface area contributed by atoms with Crippen LogP contribution in [0.1, 0.15) is 37.8 Å². The highest BCUT2D eigenvalue weighted by Gasteiger charge is 2.47. The molecule has 1 saturated heterocycles. The molecule has 3 heteroatoms. The Kier molecular flexibility index (Phi) is 3.78. The Balaban J connectivity index is 2.00. The van der Waals surface area contributed by atoms with Crippen LogP contribution in [-0.2, 0) is 11.2 Å². The van der Waals surface area contributed by atoms with E-state index in [2.05, 4.69) is 49.2 Å². The molecule has 0 radical (unpaired) electrons. The van der Waals surface area contributed by atoms with Crippen molar-refractivity contribution in [2.45, 2.75) is 40.0 Å². The SMILES string of the molecule is Cc1cccc2c1N(C(=O)C1(C(C)C)CCNC1)CCC2. The Morgan fingerprint density at radius 3 is 2.86 bits per heavy atom. The molecule has 2 heterocycles. The van der Waals surface area contributed by atoms with Crippen LogP contribution in [0.2, 0.25) is 0 Å². The van der Waals surface area contributed by atoms with E-state index >= 15 is 0 Å². The Hall–Kier alpha value is -1.35. The summed E-state index contributed by atoms with van der Waals surface area (Å²) in [7, 11) is 0.